The third-order valence-electron chi connectivity index (χ3n) is 5.13. The molecule has 1 amide bonds. The zero-order valence-electron chi connectivity index (χ0n) is 17.0. The van der Waals surface area contributed by atoms with Gasteiger partial charge in [-0.25, -0.2) is 4.98 Å². The van der Waals surface area contributed by atoms with Gasteiger partial charge in [-0.15, -0.1) is 0 Å². The van der Waals surface area contributed by atoms with E-state index in [1.54, 1.807) is 11.8 Å². The molecule has 0 bridgehead atoms. The third-order valence-corrected chi connectivity index (χ3v) is 5.78. The van der Waals surface area contributed by atoms with E-state index in [-0.39, 0.29) is 11.9 Å². The predicted molar refractivity (Wildman–Crippen MR) is 125 cm³/mol. The lowest BCUT2D eigenvalue weighted by atomic mass is 10.1. The standard InChI is InChI=1S/C25H25N3OS/c1-30-17-16-22(27-25(29)20-12-6-3-7-13-20)24-26-21-14-8-9-15-23(21)28(24)18-19-10-4-2-5-11-19/h2-15,22H,16-18H2,1H3,(H,27,29). The van der Waals surface area contributed by atoms with E-state index in [2.05, 4.69) is 46.5 Å². The summed E-state index contributed by atoms with van der Waals surface area (Å²) < 4.78 is 2.24. The van der Waals surface area contributed by atoms with Crippen molar-refractivity contribution in [3.8, 4) is 0 Å². The van der Waals surface area contributed by atoms with Gasteiger partial charge in [-0.05, 0) is 48.3 Å². The Morgan fingerprint density at radius 2 is 1.63 bits per heavy atom. The van der Waals surface area contributed by atoms with E-state index in [0.29, 0.717) is 12.1 Å². The zero-order valence-corrected chi connectivity index (χ0v) is 17.8. The maximum atomic E-state index is 12.9. The molecule has 0 saturated carbocycles. The van der Waals surface area contributed by atoms with Gasteiger partial charge in [0, 0.05) is 12.1 Å². The van der Waals surface area contributed by atoms with Crippen molar-refractivity contribution < 1.29 is 4.79 Å². The second-order valence-electron chi connectivity index (χ2n) is 7.20. The summed E-state index contributed by atoms with van der Waals surface area (Å²) in [5, 5.41) is 3.24. The first kappa shape index (κ1) is 20.2. The lowest BCUT2D eigenvalue weighted by Gasteiger charge is -2.20. The Hall–Kier alpha value is -3.05. The second-order valence-corrected chi connectivity index (χ2v) is 8.19. The maximum Gasteiger partial charge on any atom is 0.251 e. The molecule has 3 aromatic carbocycles. The van der Waals surface area contributed by atoms with Crippen molar-refractivity contribution in [1.29, 1.82) is 0 Å². The molecule has 4 aromatic rings. The maximum absolute atomic E-state index is 12.9. The molecule has 0 fully saturated rings. The van der Waals surface area contributed by atoms with E-state index in [0.717, 1.165) is 29.0 Å². The number of benzene rings is 3. The van der Waals surface area contributed by atoms with Crippen LogP contribution in [0.15, 0.2) is 84.9 Å². The molecule has 4 rings (SSSR count). The number of para-hydroxylation sites is 2. The molecule has 1 aromatic heterocycles. The van der Waals surface area contributed by atoms with Crippen LogP contribution < -0.4 is 5.32 Å². The Morgan fingerprint density at radius 1 is 0.967 bits per heavy atom. The molecule has 30 heavy (non-hydrogen) atoms. The van der Waals surface area contributed by atoms with Crippen LogP contribution in [0.3, 0.4) is 0 Å². The van der Waals surface area contributed by atoms with E-state index in [1.165, 1.54) is 5.56 Å². The minimum atomic E-state index is -0.165. The van der Waals surface area contributed by atoms with Gasteiger partial charge in [-0.2, -0.15) is 11.8 Å². The first-order valence-corrected chi connectivity index (χ1v) is 11.5. The van der Waals surface area contributed by atoms with Crippen LogP contribution in [0.25, 0.3) is 11.0 Å². The Morgan fingerprint density at radius 3 is 2.37 bits per heavy atom. The fourth-order valence-corrected chi connectivity index (χ4v) is 4.10. The molecular weight excluding hydrogens is 390 g/mol. The van der Waals surface area contributed by atoms with Gasteiger partial charge in [0.2, 0.25) is 0 Å². The molecule has 1 N–H and O–H groups in total. The highest BCUT2D eigenvalue weighted by atomic mass is 32.2. The van der Waals surface area contributed by atoms with Crippen molar-refractivity contribution in [1.82, 2.24) is 14.9 Å². The number of nitrogens with one attached hydrogen (secondary N) is 1. The highest BCUT2D eigenvalue weighted by Gasteiger charge is 2.22. The van der Waals surface area contributed by atoms with Gasteiger partial charge < -0.3 is 9.88 Å². The minimum Gasteiger partial charge on any atom is -0.342 e. The summed E-state index contributed by atoms with van der Waals surface area (Å²) in [5.74, 6) is 1.77. The number of nitrogens with zero attached hydrogens (tertiary/aromatic N) is 2. The number of fused-ring (bicyclic) bond motifs is 1. The van der Waals surface area contributed by atoms with Gasteiger partial charge in [0.25, 0.3) is 5.91 Å². The summed E-state index contributed by atoms with van der Waals surface area (Å²) in [6.07, 6.45) is 2.90. The molecule has 0 radical (unpaired) electrons. The summed E-state index contributed by atoms with van der Waals surface area (Å²) in [6.45, 7) is 0.716. The number of hydrogen-bond acceptors (Lipinski definition) is 3. The number of amides is 1. The molecule has 1 heterocycles. The van der Waals surface area contributed by atoms with E-state index >= 15 is 0 Å². The van der Waals surface area contributed by atoms with Gasteiger partial charge in [0.1, 0.15) is 5.82 Å². The summed E-state index contributed by atoms with van der Waals surface area (Å²) in [4.78, 5) is 17.9. The van der Waals surface area contributed by atoms with Crippen molar-refractivity contribution in [3.05, 3.63) is 102 Å². The quantitative estimate of drug-likeness (QED) is 0.424. The Kier molecular flexibility index (Phi) is 6.50. The number of aromatic nitrogens is 2. The zero-order chi connectivity index (χ0) is 20.8. The highest BCUT2D eigenvalue weighted by Crippen LogP contribution is 2.25. The number of carbonyl (C=O) groups is 1. The van der Waals surface area contributed by atoms with Crippen molar-refractivity contribution in [2.75, 3.05) is 12.0 Å². The Balaban J connectivity index is 1.73. The van der Waals surface area contributed by atoms with Crippen molar-refractivity contribution >= 4 is 28.7 Å². The number of thioether (sulfide) groups is 1. The van der Waals surface area contributed by atoms with Crippen molar-refractivity contribution in [3.63, 3.8) is 0 Å². The lowest BCUT2D eigenvalue weighted by molar-refractivity contribution is 0.0933. The number of hydrogen-bond donors (Lipinski definition) is 1. The average Bonchev–Trinajstić information content (AvgIpc) is 3.16. The fraction of sp³-hybridized carbons (Fsp3) is 0.200. The van der Waals surface area contributed by atoms with Gasteiger partial charge in [0.05, 0.1) is 17.1 Å². The summed E-state index contributed by atoms with van der Waals surface area (Å²) in [5.41, 5.74) is 3.91. The highest BCUT2D eigenvalue weighted by molar-refractivity contribution is 7.98. The third kappa shape index (κ3) is 4.57. The van der Waals surface area contributed by atoms with Crippen LogP contribution in [0, 0.1) is 0 Å². The molecule has 4 nitrogen and oxygen atoms in total. The topological polar surface area (TPSA) is 46.9 Å². The van der Waals surface area contributed by atoms with Crippen molar-refractivity contribution in [2.24, 2.45) is 0 Å². The fourth-order valence-electron chi connectivity index (χ4n) is 3.62. The van der Waals surface area contributed by atoms with E-state index in [1.807, 2.05) is 54.6 Å². The molecule has 1 atom stereocenters. The second kappa shape index (κ2) is 9.63. The monoisotopic (exact) mass is 415 g/mol. The molecule has 0 aliphatic heterocycles. The summed E-state index contributed by atoms with van der Waals surface area (Å²) >= 11 is 1.78. The van der Waals surface area contributed by atoms with Crippen LogP contribution in [0.2, 0.25) is 0 Å². The van der Waals surface area contributed by atoms with Gasteiger partial charge in [-0.1, -0.05) is 60.7 Å². The van der Waals surface area contributed by atoms with Gasteiger partial charge in [0.15, 0.2) is 0 Å². The van der Waals surface area contributed by atoms with Gasteiger partial charge in [-0.3, -0.25) is 4.79 Å². The molecule has 0 spiro atoms. The SMILES string of the molecule is CSCCC(NC(=O)c1ccccc1)c1nc2ccccc2n1Cc1ccccc1. The summed E-state index contributed by atoms with van der Waals surface area (Å²) in [7, 11) is 0. The molecule has 1 unspecified atom stereocenters. The smallest absolute Gasteiger partial charge is 0.251 e. The number of imidazole rings is 1. The van der Waals surface area contributed by atoms with E-state index in [4.69, 9.17) is 4.98 Å². The van der Waals surface area contributed by atoms with E-state index in [9.17, 15) is 4.79 Å². The van der Waals surface area contributed by atoms with Crippen LogP contribution in [-0.4, -0.2) is 27.5 Å². The number of carbonyl (C=O) groups excluding carboxylic acids is 1. The molecule has 0 aliphatic carbocycles. The van der Waals surface area contributed by atoms with E-state index < -0.39 is 0 Å². The van der Waals surface area contributed by atoms with Gasteiger partial charge >= 0.3 is 0 Å². The largest absolute Gasteiger partial charge is 0.342 e. The molecule has 0 saturated heterocycles. The van der Waals surface area contributed by atoms with Crippen molar-refractivity contribution in [2.45, 2.75) is 19.0 Å². The molecule has 0 aliphatic rings. The van der Waals surface area contributed by atoms with Crippen LogP contribution in [-0.2, 0) is 6.54 Å². The molecular formula is C25H25N3OS. The first-order chi connectivity index (χ1) is 14.8. The molecule has 5 heteroatoms. The van der Waals surface area contributed by atoms with Crippen LogP contribution in [0.5, 0.6) is 0 Å². The predicted octanol–water partition coefficient (Wildman–Crippen LogP) is 5.31. The summed E-state index contributed by atoms with van der Waals surface area (Å²) in [6, 6.07) is 27.8. The first-order valence-electron chi connectivity index (χ1n) is 10.1. The molecule has 152 valence electrons. The lowest BCUT2D eigenvalue weighted by Crippen LogP contribution is -2.31. The normalized spacial score (nSPS) is 12.0. The van der Waals surface area contributed by atoms with Crippen LogP contribution in [0.1, 0.15) is 34.2 Å². The minimum absolute atomic E-state index is 0.0694. The van der Waals surface area contributed by atoms with Crippen LogP contribution >= 0.6 is 11.8 Å². The average molecular weight is 416 g/mol. The Labute approximate surface area is 181 Å². The van der Waals surface area contributed by atoms with Crippen LogP contribution in [0.4, 0.5) is 0 Å². The Bertz CT molecular complexity index is 1110. The number of rotatable bonds is 8.